The van der Waals surface area contributed by atoms with Crippen molar-refractivity contribution in [2.24, 2.45) is 5.92 Å². The highest BCUT2D eigenvalue weighted by molar-refractivity contribution is 7.90. The summed E-state index contributed by atoms with van der Waals surface area (Å²) in [6.45, 7) is 4.47. The molecule has 0 spiro atoms. The molecule has 3 rings (SSSR count). The van der Waals surface area contributed by atoms with E-state index in [1.165, 1.54) is 18.2 Å². The number of aryl methyl sites for hydroxylation is 1. The summed E-state index contributed by atoms with van der Waals surface area (Å²) in [5.41, 5.74) is 0.926. The Morgan fingerprint density at radius 1 is 1.29 bits per heavy atom. The number of benzene rings is 1. The second-order valence-electron chi connectivity index (χ2n) is 7.14. The van der Waals surface area contributed by atoms with Crippen molar-refractivity contribution in [3.05, 3.63) is 53.2 Å². The van der Waals surface area contributed by atoms with Gasteiger partial charge in [-0.05, 0) is 32.0 Å². The summed E-state index contributed by atoms with van der Waals surface area (Å²) in [5, 5.41) is 9.46. The first kappa shape index (κ1) is 22.2. The predicted octanol–water partition coefficient (Wildman–Crippen LogP) is 1.77. The molecule has 1 aliphatic heterocycles. The summed E-state index contributed by atoms with van der Waals surface area (Å²) in [6.07, 6.45) is 0.0321. The number of anilines is 1. The summed E-state index contributed by atoms with van der Waals surface area (Å²) in [4.78, 5) is 30.5. The predicted molar refractivity (Wildman–Crippen MR) is 112 cm³/mol. The van der Waals surface area contributed by atoms with E-state index in [0.717, 1.165) is 0 Å². The molecule has 2 aromatic rings. The van der Waals surface area contributed by atoms with Crippen molar-refractivity contribution in [2.45, 2.75) is 25.2 Å². The Balaban J connectivity index is 1.62. The zero-order valence-corrected chi connectivity index (χ0v) is 18.0. The summed E-state index contributed by atoms with van der Waals surface area (Å²) in [7, 11) is -3.90. The molecular weight excluding hydrogens is 420 g/mol. The van der Waals surface area contributed by atoms with Crippen LogP contribution in [-0.2, 0) is 19.6 Å². The van der Waals surface area contributed by atoms with Crippen LogP contribution in [-0.4, -0.2) is 45.0 Å². The minimum absolute atomic E-state index is 0.0265. The zero-order chi connectivity index (χ0) is 22.6. The fourth-order valence-electron chi connectivity index (χ4n) is 3.32. The number of carbonyl (C=O) groups is 2. The smallest absolute Gasteiger partial charge is 0.340 e. The monoisotopic (exact) mass is 442 g/mol. The highest BCUT2D eigenvalue weighted by Crippen LogP contribution is 2.29. The van der Waals surface area contributed by atoms with E-state index in [2.05, 4.69) is 9.71 Å². The molecule has 0 unspecified atom stereocenters. The number of nitriles is 1. The molecule has 1 aliphatic rings. The molecule has 1 amide bonds. The minimum Gasteiger partial charge on any atom is -0.462 e. The minimum atomic E-state index is -3.90. The van der Waals surface area contributed by atoms with Gasteiger partial charge >= 0.3 is 5.97 Å². The Kier molecular flexibility index (Phi) is 6.56. The van der Waals surface area contributed by atoms with Crippen LogP contribution < -0.4 is 9.62 Å². The van der Waals surface area contributed by atoms with Crippen LogP contribution in [0.3, 0.4) is 0 Å². The quantitative estimate of drug-likeness (QED) is 0.642. The van der Waals surface area contributed by atoms with Gasteiger partial charge in [0, 0.05) is 25.4 Å². The maximum atomic E-state index is 12.2. The number of hydrogen-bond donors (Lipinski definition) is 1. The Morgan fingerprint density at radius 2 is 1.97 bits per heavy atom. The number of nitrogens with zero attached hydrogens (tertiary/aromatic N) is 3. The van der Waals surface area contributed by atoms with E-state index in [1.807, 2.05) is 11.0 Å². The number of hydrogen-bond acceptors (Lipinski definition) is 8. The second-order valence-corrected chi connectivity index (χ2v) is 8.82. The highest BCUT2D eigenvalue weighted by atomic mass is 32.2. The molecule has 31 heavy (non-hydrogen) atoms. The van der Waals surface area contributed by atoms with Crippen LogP contribution in [0.15, 0.2) is 41.3 Å². The Bertz CT molecular complexity index is 1140. The van der Waals surface area contributed by atoms with Crippen LogP contribution in [0.2, 0.25) is 0 Å². The normalized spacial score (nSPS) is 13.8. The number of amides is 1. The van der Waals surface area contributed by atoms with E-state index >= 15 is 0 Å². The molecule has 0 saturated carbocycles. The van der Waals surface area contributed by atoms with Crippen molar-refractivity contribution in [1.82, 2.24) is 9.71 Å². The van der Waals surface area contributed by atoms with E-state index in [0.29, 0.717) is 24.6 Å². The molecule has 1 aromatic heterocycles. The van der Waals surface area contributed by atoms with Crippen molar-refractivity contribution in [3.63, 3.8) is 0 Å². The summed E-state index contributed by atoms with van der Waals surface area (Å²) < 4.78 is 31.6. The summed E-state index contributed by atoms with van der Waals surface area (Å²) in [5.74, 6) is -0.768. The number of pyridine rings is 1. The largest absolute Gasteiger partial charge is 0.462 e. The number of sulfonamides is 1. The van der Waals surface area contributed by atoms with Gasteiger partial charge in [0.15, 0.2) is 0 Å². The number of ether oxygens (including phenoxy) is 1. The lowest BCUT2D eigenvalue weighted by Gasteiger charge is -2.40. The first-order chi connectivity index (χ1) is 14.7. The van der Waals surface area contributed by atoms with E-state index in [-0.39, 0.29) is 35.0 Å². The Morgan fingerprint density at radius 3 is 2.58 bits per heavy atom. The van der Waals surface area contributed by atoms with Gasteiger partial charge in [0.05, 0.1) is 28.3 Å². The van der Waals surface area contributed by atoms with Crippen molar-refractivity contribution >= 4 is 27.7 Å². The average Bonchev–Trinajstić information content (AvgIpc) is 2.70. The number of esters is 1. The molecule has 1 saturated heterocycles. The van der Waals surface area contributed by atoms with Gasteiger partial charge in [-0.1, -0.05) is 18.2 Å². The van der Waals surface area contributed by atoms with Crippen LogP contribution in [0.1, 0.15) is 35.0 Å². The van der Waals surface area contributed by atoms with Gasteiger partial charge in [-0.2, -0.15) is 5.26 Å². The van der Waals surface area contributed by atoms with E-state index in [4.69, 9.17) is 4.74 Å². The van der Waals surface area contributed by atoms with Crippen LogP contribution in [0.5, 0.6) is 0 Å². The second kappa shape index (κ2) is 9.14. The van der Waals surface area contributed by atoms with Gasteiger partial charge in [-0.3, -0.25) is 4.79 Å². The molecule has 1 N–H and O–H groups in total. The Hall–Kier alpha value is -3.45. The topological polar surface area (TPSA) is 129 Å². The first-order valence-electron chi connectivity index (χ1n) is 9.69. The third-order valence-corrected chi connectivity index (χ3v) is 6.23. The molecule has 2 heterocycles. The lowest BCUT2D eigenvalue weighted by molar-refractivity contribution is -0.120. The third kappa shape index (κ3) is 5.00. The zero-order valence-electron chi connectivity index (χ0n) is 17.2. The molecule has 0 bridgehead atoms. The lowest BCUT2D eigenvalue weighted by atomic mass is 9.95. The highest BCUT2D eigenvalue weighted by Gasteiger charge is 2.33. The lowest BCUT2D eigenvalue weighted by Crippen LogP contribution is -2.49. The number of carbonyl (C=O) groups excluding carboxylic acids is 2. The maximum absolute atomic E-state index is 12.2. The average molecular weight is 442 g/mol. The van der Waals surface area contributed by atoms with Crippen LogP contribution in [0.4, 0.5) is 5.82 Å². The van der Waals surface area contributed by atoms with E-state index in [1.54, 1.807) is 32.0 Å². The molecule has 0 aliphatic carbocycles. The number of aromatic nitrogens is 1. The standard InChI is InChI=1S/C21H22N4O5S/c1-3-30-21(27)18-10-16(11-22)20(23-14(18)2)25-12-15(13-25)9-19(26)24-31(28,29)17-7-5-4-6-8-17/h4-8,10,15H,3,9,12-13H2,1-2H3,(H,24,26). The van der Waals surface area contributed by atoms with Crippen molar-refractivity contribution < 1.29 is 22.7 Å². The van der Waals surface area contributed by atoms with Gasteiger partial charge in [0.1, 0.15) is 11.9 Å². The van der Waals surface area contributed by atoms with E-state index in [9.17, 15) is 23.3 Å². The molecule has 9 nitrogen and oxygen atoms in total. The third-order valence-electron chi connectivity index (χ3n) is 4.84. The van der Waals surface area contributed by atoms with Gasteiger partial charge in [0.2, 0.25) is 5.91 Å². The van der Waals surface area contributed by atoms with Crippen molar-refractivity contribution in [1.29, 1.82) is 5.26 Å². The van der Waals surface area contributed by atoms with Crippen molar-refractivity contribution in [3.8, 4) is 6.07 Å². The maximum Gasteiger partial charge on any atom is 0.340 e. The van der Waals surface area contributed by atoms with Gasteiger partial charge < -0.3 is 9.64 Å². The first-order valence-corrected chi connectivity index (χ1v) is 11.2. The molecule has 0 atom stereocenters. The number of nitrogens with one attached hydrogen (secondary N) is 1. The molecule has 1 aromatic carbocycles. The van der Waals surface area contributed by atoms with Crippen molar-refractivity contribution in [2.75, 3.05) is 24.6 Å². The van der Waals surface area contributed by atoms with Gasteiger partial charge in [-0.15, -0.1) is 0 Å². The Labute approximate surface area is 180 Å². The van der Waals surface area contributed by atoms with Crippen LogP contribution in [0.25, 0.3) is 0 Å². The molecule has 162 valence electrons. The molecule has 1 fully saturated rings. The summed E-state index contributed by atoms with van der Waals surface area (Å²) >= 11 is 0. The molecule has 10 heteroatoms. The van der Waals surface area contributed by atoms with E-state index < -0.39 is 21.9 Å². The van der Waals surface area contributed by atoms with Gasteiger partial charge in [-0.25, -0.2) is 22.9 Å². The van der Waals surface area contributed by atoms with Crippen LogP contribution >= 0.6 is 0 Å². The summed E-state index contributed by atoms with van der Waals surface area (Å²) in [6, 6.07) is 11.2. The molecular formula is C21H22N4O5S. The van der Waals surface area contributed by atoms with Gasteiger partial charge in [0.25, 0.3) is 10.0 Å². The van der Waals surface area contributed by atoms with Crippen LogP contribution in [0, 0.1) is 24.2 Å². The molecule has 0 radical (unpaired) electrons. The SMILES string of the molecule is CCOC(=O)c1cc(C#N)c(N2CC(CC(=O)NS(=O)(=O)c3ccccc3)C2)nc1C. The fraction of sp³-hybridized carbons (Fsp3) is 0.333. The number of rotatable bonds is 7. The fourth-order valence-corrected chi connectivity index (χ4v) is 4.33.